The molecule has 2 aromatic rings. The third-order valence-electron chi connectivity index (χ3n) is 3.59. The summed E-state index contributed by atoms with van der Waals surface area (Å²) in [4.78, 5) is 21.2. The molecule has 0 atom stereocenters. The lowest BCUT2D eigenvalue weighted by Gasteiger charge is -2.10. The maximum atomic E-state index is 12.5. The van der Waals surface area contributed by atoms with Crippen molar-refractivity contribution in [3.63, 3.8) is 0 Å². The zero-order valence-electron chi connectivity index (χ0n) is 14.3. The van der Waals surface area contributed by atoms with Crippen LogP contribution in [0.5, 0.6) is 0 Å². The van der Waals surface area contributed by atoms with Crippen molar-refractivity contribution in [3.8, 4) is 0 Å². The average molecular weight is 391 g/mol. The van der Waals surface area contributed by atoms with Gasteiger partial charge in [-0.1, -0.05) is 35.7 Å². The van der Waals surface area contributed by atoms with Crippen LogP contribution < -0.4 is 10.6 Å². The highest BCUT2D eigenvalue weighted by molar-refractivity contribution is 9.10. The number of nitrogens with zero attached hydrogens (tertiary/aromatic N) is 2. The van der Waals surface area contributed by atoms with E-state index in [9.17, 15) is 4.79 Å². The molecule has 0 aliphatic rings. The fraction of sp³-hybridized carbons (Fsp3) is 0.389. The molecule has 6 heteroatoms. The first-order valence-corrected chi connectivity index (χ1v) is 8.96. The zero-order chi connectivity index (χ0) is 17.5. The van der Waals surface area contributed by atoms with Crippen molar-refractivity contribution in [2.24, 2.45) is 0 Å². The molecule has 0 saturated carbocycles. The van der Waals surface area contributed by atoms with Crippen LogP contribution in [0, 0.1) is 13.8 Å². The summed E-state index contributed by atoms with van der Waals surface area (Å²) in [5, 5.41) is 6.10. The molecule has 0 aliphatic heterocycles. The van der Waals surface area contributed by atoms with Gasteiger partial charge in [0.15, 0.2) is 0 Å². The van der Waals surface area contributed by atoms with Gasteiger partial charge in [-0.3, -0.25) is 4.79 Å². The lowest BCUT2D eigenvalue weighted by molar-refractivity contribution is 0.102. The summed E-state index contributed by atoms with van der Waals surface area (Å²) in [6.07, 6.45) is 3.39. The number of hydrogen-bond acceptors (Lipinski definition) is 4. The Kier molecular flexibility index (Phi) is 6.73. The van der Waals surface area contributed by atoms with Crippen LogP contribution in [0.3, 0.4) is 0 Å². The minimum Gasteiger partial charge on any atom is -0.354 e. The fourth-order valence-corrected chi connectivity index (χ4v) is 2.77. The van der Waals surface area contributed by atoms with E-state index < -0.39 is 0 Å². The molecule has 128 valence electrons. The minimum atomic E-state index is -0.234. The van der Waals surface area contributed by atoms with Crippen LogP contribution in [0.4, 0.5) is 11.6 Å². The van der Waals surface area contributed by atoms with E-state index in [1.54, 1.807) is 6.07 Å². The molecule has 0 saturated heterocycles. The van der Waals surface area contributed by atoms with Crippen LogP contribution in [0.25, 0.3) is 0 Å². The molecule has 1 aromatic carbocycles. The molecule has 2 N–H and O–H groups in total. The number of carbonyl (C=O) groups excluding carboxylic acids is 1. The van der Waals surface area contributed by atoms with Gasteiger partial charge in [-0.2, -0.15) is 0 Å². The molecule has 0 unspecified atom stereocenters. The number of anilines is 2. The van der Waals surface area contributed by atoms with E-state index in [-0.39, 0.29) is 5.91 Å². The maximum Gasteiger partial charge on any atom is 0.274 e. The normalized spacial score (nSPS) is 10.5. The monoisotopic (exact) mass is 390 g/mol. The quantitative estimate of drug-likeness (QED) is 0.671. The number of benzene rings is 1. The average Bonchev–Trinajstić information content (AvgIpc) is 2.53. The Labute approximate surface area is 151 Å². The van der Waals surface area contributed by atoms with E-state index in [1.807, 2.05) is 32.0 Å². The summed E-state index contributed by atoms with van der Waals surface area (Å²) >= 11 is 3.42. The molecule has 0 aliphatic carbocycles. The van der Waals surface area contributed by atoms with E-state index in [2.05, 4.69) is 43.5 Å². The number of nitrogens with one attached hydrogen (secondary N) is 2. The number of carbonyl (C=O) groups is 1. The Morgan fingerprint density at radius 3 is 2.67 bits per heavy atom. The molecule has 1 amide bonds. The SMILES string of the molecule is CCCCCNc1nc(C)cc(C(=O)Nc2ccc(Br)cc2C)n1. The number of hydrogen-bond donors (Lipinski definition) is 2. The minimum absolute atomic E-state index is 0.234. The van der Waals surface area contributed by atoms with Gasteiger partial charge < -0.3 is 10.6 Å². The molecule has 5 nitrogen and oxygen atoms in total. The van der Waals surface area contributed by atoms with Crippen LogP contribution in [-0.2, 0) is 0 Å². The van der Waals surface area contributed by atoms with Crippen molar-refractivity contribution < 1.29 is 4.79 Å². The third-order valence-corrected chi connectivity index (χ3v) is 4.08. The van der Waals surface area contributed by atoms with E-state index in [1.165, 1.54) is 0 Å². The van der Waals surface area contributed by atoms with Gasteiger partial charge in [0.2, 0.25) is 5.95 Å². The lowest BCUT2D eigenvalue weighted by Crippen LogP contribution is -2.17. The molecule has 1 aromatic heterocycles. The van der Waals surface area contributed by atoms with Crippen molar-refractivity contribution in [1.29, 1.82) is 0 Å². The summed E-state index contributed by atoms with van der Waals surface area (Å²) < 4.78 is 0.981. The Bertz CT molecular complexity index is 718. The molecule has 0 bridgehead atoms. The number of aryl methyl sites for hydroxylation is 2. The molecule has 0 spiro atoms. The van der Waals surface area contributed by atoms with Crippen molar-refractivity contribution in [1.82, 2.24) is 9.97 Å². The molecule has 0 radical (unpaired) electrons. The zero-order valence-corrected chi connectivity index (χ0v) is 15.9. The molecular weight excluding hydrogens is 368 g/mol. The van der Waals surface area contributed by atoms with Gasteiger partial charge in [-0.05, 0) is 50.1 Å². The standard InChI is InChI=1S/C18H23BrN4O/c1-4-5-6-9-20-18-21-13(3)11-16(23-18)17(24)22-15-8-7-14(19)10-12(15)2/h7-8,10-11H,4-6,9H2,1-3H3,(H,22,24)(H,20,21,23). The van der Waals surface area contributed by atoms with Crippen molar-refractivity contribution in [2.45, 2.75) is 40.0 Å². The van der Waals surface area contributed by atoms with Gasteiger partial charge in [0.05, 0.1) is 0 Å². The number of rotatable bonds is 7. The van der Waals surface area contributed by atoms with E-state index in [0.29, 0.717) is 11.6 Å². The summed E-state index contributed by atoms with van der Waals surface area (Å²) in [6, 6.07) is 7.42. The first-order chi connectivity index (χ1) is 11.5. The van der Waals surface area contributed by atoms with Gasteiger partial charge >= 0.3 is 0 Å². The Hall–Kier alpha value is -1.95. The number of amides is 1. The summed E-state index contributed by atoms with van der Waals surface area (Å²) in [5.41, 5.74) is 2.89. The van der Waals surface area contributed by atoms with Crippen molar-refractivity contribution >= 4 is 33.5 Å². The van der Waals surface area contributed by atoms with Gasteiger partial charge in [0.1, 0.15) is 5.69 Å². The van der Waals surface area contributed by atoms with Gasteiger partial charge in [0, 0.05) is 22.4 Å². The highest BCUT2D eigenvalue weighted by Gasteiger charge is 2.12. The van der Waals surface area contributed by atoms with Gasteiger partial charge in [0.25, 0.3) is 5.91 Å². The molecular formula is C18H23BrN4O. The van der Waals surface area contributed by atoms with Crippen LogP contribution >= 0.6 is 15.9 Å². The molecule has 2 rings (SSSR count). The van der Waals surface area contributed by atoms with Crippen molar-refractivity contribution in [2.75, 3.05) is 17.2 Å². The Morgan fingerprint density at radius 1 is 1.17 bits per heavy atom. The second-order valence-corrected chi connectivity index (χ2v) is 6.68. The fourth-order valence-electron chi connectivity index (χ4n) is 2.29. The predicted molar refractivity (Wildman–Crippen MR) is 102 cm³/mol. The van der Waals surface area contributed by atoms with Gasteiger partial charge in [-0.15, -0.1) is 0 Å². The highest BCUT2D eigenvalue weighted by Crippen LogP contribution is 2.20. The predicted octanol–water partition coefficient (Wildman–Crippen LogP) is 4.71. The lowest BCUT2D eigenvalue weighted by atomic mass is 10.2. The second-order valence-electron chi connectivity index (χ2n) is 5.77. The smallest absolute Gasteiger partial charge is 0.274 e. The van der Waals surface area contributed by atoms with E-state index in [4.69, 9.17) is 0 Å². The number of halogens is 1. The first kappa shape index (κ1) is 18.4. The van der Waals surface area contributed by atoms with Crippen LogP contribution in [0.2, 0.25) is 0 Å². The van der Waals surface area contributed by atoms with E-state index >= 15 is 0 Å². The number of unbranched alkanes of at least 4 members (excludes halogenated alkanes) is 2. The van der Waals surface area contributed by atoms with Crippen LogP contribution in [-0.4, -0.2) is 22.4 Å². The summed E-state index contributed by atoms with van der Waals surface area (Å²) in [7, 11) is 0. The summed E-state index contributed by atoms with van der Waals surface area (Å²) in [6.45, 7) is 6.78. The van der Waals surface area contributed by atoms with Gasteiger partial charge in [-0.25, -0.2) is 9.97 Å². The van der Waals surface area contributed by atoms with E-state index in [0.717, 1.165) is 47.2 Å². The topological polar surface area (TPSA) is 66.9 Å². The molecule has 1 heterocycles. The number of aromatic nitrogens is 2. The molecule has 24 heavy (non-hydrogen) atoms. The largest absolute Gasteiger partial charge is 0.354 e. The van der Waals surface area contributed by atoms with Crippen LogP contribution in [0.15, 0.2) is 28.7 Å². The summed E-state index contributed by atoms with van der Waals surface area (Å²) in [5.74, 6) is 0.270. The second kappa shape index (κ2) is 8.78. The highest BCUT2D eigenvalue weighted by atomic mass is 79.9. The first-order valence-electron chi connectivity index (χ1n) is 8.16. The van der Waals surface area contributed by atoms with Crippen molar-refractivity contribution in [3.05, 3.63) is 45.7 Å². The Morgan fingerprint density at radius 2 is 1.96 bits per heavy atom. The molecule has 0 fully saturated rings. The maximum absolute atomic E-state index is 12.5. The Balaban J connectivity index is 2.09. The van der Waals surface area contributed by atoms with Crippen LogP contribution in [0.1, 0.15) is 47.9 Å². The third kappa shape index (κ3) is 5.30.